The normalized spacial score (nSPS) is 16.8. The minimum absolute atomic E-state index is 0.189. The number of benzene rings is 2. The third kappa shape index (κ3) is 7.18. The Morgan fingerprint density at radius 1 is 0.909 bits per heavy atom. The fraction of sp³-hybridized carbons (Fsp3) is 0.483. The van der Waals surface area contributed by atoms with Crippen molar-refractivity contribution in [2.75, 3.05) is 13.2 Å². The van der Waals surface area contributed by atoms with Crippen LogP contribution >= 0.6 is 0 Å². The fourth-order valence-electron chi connectivity index (χ4n) is 5.36. The molecule has 178 valence electrons. The maximum Gasteiger partial charge on any atom is 0.305 e. The van der Waals surface area contributed by atoms with Gasteiger partial charge in [0.1, 0.15) is 11.6 Å². The Balaban J connectivity index is 1.84. The van der Waals surface area contributed by atoms with Crippen LogP contribution < -0.4 is 4.74 Å². The van der Waals surface area contributed by atoms with Gasteiger partial charge in [-0.1, -0.05) is 57.5 Å². The molecule has 3 rings (SSSR count). The summed E-state index contributed by atoms with van der Waals surface area (Å²) in [6.07, 6.45) is 4.21. The molecule has 0 unspecified atom stereocenters. The highest BCUT2D eigenvalue weighted by Gasteiger charge is 2.37. The summed E-state index contributed by atoms with van der Waals surface area (Å²) < 4.78 is 24.5. The van der Waals surface area contributed by atoms with E-state index in [9.17, 15) is 9.18 Å². The molecule has 0 atom stereocenters. The van der Waals surface area contributed by atoms with Gasteiger partial charge >= 0.3 is 5.97 Å². The lowest BCUT2D eigenvalue weighted by atomic mass is 9.62. The highest BCUT2D eigenvalue weighted by Crippen LogP contribution is 2.50. The first-order valence-electron chi connectivity index (χ1n) is 12.0. The SMILES string of the molecule is CCOC(=O)CCCOc1ccc(C(=C2CC(C)(C)CC(C)(C)C2)c2ccc(F)cc2)cc1. The van der Waals surface area contributed by atoms with Crippen molar-refractivity contribution in [2.24, 2.45) is 10.8 Å². The summed E-state index contributed by atoms with van der Waals surface area (Å²) in [7, 11) is 0. The molecule has 0 radical (unpaired) electrons. The van der Waals surface area contributed by atoms with Crippen molar-refractivity contribution in [3.63, 3.8) is 0 Å². The summed E-state index contributed by atoms with van der Waals surface area (Å²) in [5.74, 6) is 0.361. The number of rotatable bonds is 8. The summed E-state index contributed by atoms with van der Waals surface area (Å²) >= 11 is 0. The van der Waals surface area contributed by atoms with E-state index in [0.717, 1.165) is 29.7 Å². The van der Waals surface area contributed by atoms with E-state index in [0.29, 0.717) is 26.1 Å². The van der Waals surface area contributed by atoms with Crippen LogP contribution in [0.1, 0.15) is 77.8 Å². The van der Waals surface area contributed by atoms with E-state index in [1.54, 1.807) is 6.92 Å². The summed E-state index contributed by atoms with van der Waals surface area (Å²) in [5.41, 5.74) is 5.21. The lowest BCUT2D eigenvalue weighted by Gasteiger charge is -2.43. The number of ether oxygens (including phenoxy) is 2. The molecule has 2 aromatic rings. The smallest absolute Gasteiger partial charge is 0.305 e. The largest absolute Gasteiger partial charge is 0.494 e. The Kier molecular flexibility index (Phi) is 7.99. The second-order valence-corrected chi connectivity index (χ2v) is 10.6. The molecule has 0 amide bonds. The summed E-state index contributed by atoms with van der Waals surface area (Å²) in [4.78, 5) is 11.5. The molecular formula is C29H37FO3. The lowest BCUT2D eigenvalue weighted by Crippen LogP contribution is -2.30. The molecule has 1 aliphatic rings. The predicted molar refractivity (Wildman–Crippen MR) is 132 cm³/mol. The molecule has 0 heterocycles. The van der Waals surface area contributed by atoms with Gasteiger partial charge in [0.2, 0.25) is 0 Å². The Labute approximate surface area is 198 Å². The molecule has 0 saturated heterocycles. The average molecular weight is 453 g/mol. The highest BCUT2D eigenvalue weighted by atomic mass is 19.1. The van der Waals surface area contributed by atoms with Crippen LogP contribution in [0.2, 0.25) is 0 Å². The van der Waals surface area contributed by atoms with Crippen molar-refractivity contribution in [3.8, 4) is 5.75 Å². The van der Waals surface area contributed by atoms with Crippen molar-refractivity contribution in [3.05, 3.63) is 71.0 Å². The molecule has 2 aromatic carbocycles. The maximum atomic E-state index is 13.7. The van der Waals surface area contributed by atoms with E-state index in [4.69, 9.17) is 9.47 Å². The first kappa shape index (κ1) is 25.0. The first-order valence-corrected chi connectivity index (χ1v) is 12.0. The first-order chi connectivity index (χ1) is 15.6. The molecule has 0 spiro atoms. The van der Waals surface area contributed by atoms with Crippen molar-refractivity contribution < 1.29 is 18.7 Å². The van der Waals surface area contributed by atoms with E-state index in [1.807, 2.05) is 24.3 Å². The Morgan fingerprint density at radius 2 is 1.45 bits per heavy atom. The van der Waals surface area contributed by atoms with Gasteiger partial charge < -0.3 is 9.47 Å². The van der Waals surface area contributed by atoms with Crippen LogP contribution in [0.3, 0.4) is 0 Å². The molecule has 1 aliphatic carbocycles. The predicted octanol–water partition coefficient (Wildman–Crippen LogP) is 7.59. The van der Waals surface area contributed by atoms with Gasteiger partial charge in [-0.05, 0) is 84.4 Å². The van der Waals surface area contributed by atoms with E-state index < -0.39 is 0 Å². The Morgan fingerprint density at radius 3 is 2.00 bits per heavy atom. The van der Waals surface area contributed by atoms with E-state index in [-0.39, 0.29) is 22.6 Å². The van der Waals surface area contributed by atoms with E-state index in [1.165, 1.54) is 29.7 Å². The lowest BCUT2D eigenvalue weighted by molar-refractivity contribution is -0.143. The van der Waals surface area contributed by atoms with E-state index in [2.05, 4.69) is 39.8 Å². The van der Waals surface area contributed by atoms with Gasteiger partial charge in [0, 0.05) is 6.42 Å². The second-order valence-electron chi connectivity index (χ2n) is 10.6. The summed E-state index contributed by atoms with van der Waals surface area (Å²) in [6.45, 7) is 12.0. The molecule has 0 N–H and O–H groups in total. The summed E-state index contributed by atoms with van der Waals surface area (Å²) in [5, 5.41) is 0. The number of esters is 1. The molecule has 1 saturated carbocycles. The van der Waals surface area contributed by atoms with Crippen LogP contribution in [0.4, 0.5) is 4.39 Å². The van der Waals surface area contributed by atoms with Crippen LogP contribution in [0.15, 0.2) is 54.1 Å². The number of hydrogen-bond donors (Lipinski definition) is 0. The molecular weight excluding hydrogens is 415 g/mol. The van der Waals surface area contributed by atoms with Gasteiger partial charge in [0.15, 0.2) is 0 Å². The molecule has 33 heavy (non-hydrogen) atoms. The van der Waals surface area contributed by atoms with Gasteiger partial charge in [-0.25, -0.2) is 4.39 Å². The number of allylic oxidation sites excluding steroid dienone is 1. The molecule has 0 aromatic heterocycles. The molecule has 1 fully saturated rings. The molecule has 3 nitrogen and oxygen atoms in total. The zero-order valence-electron chi connectivity index (χ0n) is 20.7. The van der Waals surface area contributed by atoms with Crippen LogP contribution in [-0.2, 0) is 9.53 Å². The van der Waals surface area contributed by atoms with Crippen molar-refractivity contribution >= 4 is 11.5 Å². The zero-order chi connectivity index (χ0) is 24.1. The van der Waals surface area contributed by atoms with Gasteiger partial charge in [-0.2, -0.15) is 0 Å². The standard InChI is InChI=1S/C29H37FO3/c1-6-32-26(31)8-7-17-33-25-15-11-22(12-16-25)27(21-9-13-24(30)14-10-21)23-18-28(2,3)20-29(4,5)19-23/h9-16H,6-8,17-20H2,1-5H3. The van der Waals surface area contributed by atoms with Crippen molar-refractivity contribution in [1.29, 1.82) is 0 Å². The van der Waals surface area contributed by atoms with Crippen LogP contribution in [0, 0.1) is 16.6 Å². The van der Waals surface area contributed by atoms with Gasteiger partial charge in [-0.15, -0.1) is 0 Å². The van der Waals surface area contributed by atoms with Gasteiger partial charge in [0.25, 0.3) is 0 Å². The topological polar surface area (TPSA) is 35.5 Å². The number of carbonyl (C=O) groups is 1. The van der Waals surface area contributed by atoms with Crippen LogP contribution in [0.25, 0.3) is 5.57 Å². The summed E-state index contributed by atoms with van der Waals surface area (Å²) in [6, 6.07) is 15.0. The molecule has 4 heteroatoms. The Bertz CT molecular complexity index is 951. The van der Waals surface area contributed by atoms with Gasteiger partial charge in [0.05, 0.1) is 13.2 Å². The second kappa shape index (κ2) is 10.5. The highest BCUT2D eigenvalue weighted by molar-refractivity contribution is 5.82. The Hall–Kier alpha value is -2.62. The molecule has 0 bridgehead atoms. The van der Waals surface area contributed by atoms with Crippen molar-refractivity contribution in [1.82, 2.24) is 0 Å². The maximum absolute atomic E-state index is 13.7. The average Bonchev–Trinajstić information content (AvgIpc) is 2.72. The van der Waals surface area contributed by atoms with Crippen molar-refractivity contribution in [2.45, 2.75) is 66.7 Å². The molecule has 0 aliphatic heterocycles. The number of carbonyl (C=O) groups excluding carboxylic acids is 1. The number of halogens is 1. The monoisotopic (exact) mass is 452 g/mol. The third-order valence-corrected chi connectivity index (χ3v) is 6.07. The number of hydrogen-bond acceptors (Lipinski definition) is 3. The van der Waals surface area contributed by atoms with Crippen LogP contribution in [0.5, 0.6) is 5.75 Å². The third-order valence-electron chi connectivity index (χ3n) is 6.07. The minimum atomic E-state index is -0.223. The van der Waals surface area contributed by atoms with Gasteiger partial charge in [-0.3, -0.25) is 4.79 Å². The zero-order valence-corrected chi connectivity index (χ0v) is 20.7. The van der Waals surface area contributed by atoms with Crippen LogP contribution in [-0.4, -0.2) is 19.2 Å². The quantitative estimate of drug-likeness (QED) is 0.306. The fourth-order valence-corrected chi connectivity index (χ4v) is 5.36. The van der Waals surface area contributed by atoms with E-state index >= 15 is 0 Å². The minimum Gasteiger partial charge on any atom is -0.494 e.